The van der Waals surface area contributed by atoms with Crippen molar-refractivity contribution in [3.8, 4) is 0 Å². The van der Waals surface area contributed by atoms with Gasteiger partial charge in [0.2, 0.25) is 5.91 Å². The second-order valence-electron chi connectivity index (χ2n) is 12.6. The van der Waals surface area contributed by atoms with Crippen molar-refractivity contribution in [1.29, 1.82) is 0 Å². The number of hydrogen-bond acceptors (Lipinski definition) is 2. The van der Waals surface area contributed by atoms with Crippen LogP contribution in [0.1, 0.15) is 213 Å². The molecule has 3 amide bonds. The molecule has 0 aromatic carbocycles. The highest BCUT2D eigenvalue weighted by Gasteiger charge is 2.04. The largest absolute Gasteiger partial charge is 0.337 e. The maximum Gasteiger partial charge on any atom is 0.333 e. The van der Waals surface area contributed by atoms with Crippen LogP contribution in [-0.4, -0.2) is 18.5 Å². The molecule has 0 saturated heterocycles. The Bertz CT molecular complexity index is 541. The van der Waals surface area contributed by atoms with Crippen LogP contribution in [0.25, 0.3) is 0 Å². The van der Waals surface area contributed by atoms with E-state index < -0.39 is 0 Å². The van der Waals surface area contributed by atoms with E-state index >= 15 is 0 Å². The first-order chi connectivity index (χ1) is 20.2. The molecule has 0 aliphatic heterocycles. The lowest BCUT2D eigenvalue weighted by atomic mass is 10.0. The van der Waals surface area contributed by atoms with Crippen molar-refractivity contribution < 1.29 is 9.59 Å². The van der Waals surface area contributed by atoms with Gasteiger partial charge in [0.05, 0.1) is 0 Å². The molecule has 0 aliphatic rings. The van der Waals surface area contributed by atoms with Crippen molar-refractivity contribution in [2.24, 2.45) is 0 Å². The molecule has 0 aliphatic carbocycles. The average Bonchev–Trinajstić information content (AvgIpc) is 2.97. The fraction of sp³-hybridized carbons (Fsp3) is 0.944. The number of carbonyl (C=O) groups excluding carboxylic acids is 2. The summed E-state index contributed by atoms with van der Waals surface area (Å²) in [6.45, 7) is 5.22. The predicted molar refractivity (Wildman–Crippen MR) is 179 cm³/mol. The first kappa shape index (κ1) is 39.7. The van der Waals surface area contributed by atoms with Gasteiger partial charge in [0.1, 0.15) is 0 Å². The van der Waals surface area contributed by atoms with E-state index in [9.17, 15) is 9.59 Å². The summed E-state index contributed by atoms with van der Waals surface area (Å²) in [6, 6.07) is -0.305. The van der Waals surface area contributed by atoms with Gasteiger partial charge in [0.15, 0.2) is 0 Å². The van der Waals surface area contributed by atoms with E-state index in [2.05, 4.69) is 30.0 Å². The second-order valence-corrected chi connectivity index (χ2v) is 12.6. The molecule has 0 unspecified atom stereocenters. The summed E-state index contributed by atoms with van der Waals surface area (Å²) in [5.74, 6) is -0.0958. The lowest BCUT2D eigenvalue weighted by molar-refractivity contribution is -0.121. The molecule has 5 nitrogen and oxygen atoms in total. The summed E-state index contributed by atoms with van der Waals surface area (Å²) in [5.41, 5.74) is 5.02. The smallest absolute Gasteiger partial charge is 0.333 e. The lowest BCUT2D eigenvalue weighted by Crippen LogP contribution is -2.47. The molecule has 0 aromatic heterocycles. The normalized spacial score (nSPS) is 11.1. The number of urea groups is 1. The highest BCUT2D eigenvalue weighted by Crippen LogP contribution is 2.15. The topological polar surface area (TPSA) is 70.2 Å². The third-order valence-electron chi connectivity index (χ3n) is 8.39. The molecule has 0 radical (unpaired) electrons. The van der Waals surface area contributed by atoms with Crippen molar-refractivity contribution in [3.63, 3.8) is 0 Å². The minimum Gasteiger partial charge on any atom is -0.337 e. The summed E-state index contributed by atoms with van der Waals surface area (Å²) in [7, 11) is 0. The van der Waals surface area contributed by atoms with Crippen molar-refractivity contribution in [1.82, 2.24) is 16.2 Å². The Kier molecular flexibility index (Phi) is 33.9. The van der Waals surface area contributed by atoms with Gasteiger partial charge in [-0.2, -0.15) is 0 Å². The first-order valence-corrected chi connectivity index (χ1v) is 18.5. The number of nitrogens with one attached hydrogen (secondary N) is 3. The van der Waals surface area contributed by atoms with Gasteiger partial charge in [-0.25, -0.2) is 10.2 Å². The van der Waals surface area contributed by atoms with Crippen molar-refractivity contribution in [2.75, 3.05) is 6.54 Å². The average molecular weight is 580 g/mol. The highest BCUT2D eigenvalue weighted by atomic mass is 16.2. The molecular formula is C36H73N3O2. The molecule has 0 atom stereocenters. The van der Waals surface area contributed by atoms with Crippen molar-refractivity contribution >= 4 is 11.9 Å². The number of hydrogen-bond donors (Lipinski definition) is 3. The number of amides is 3. The van der Waals surface area contributed by atoms with Crippen LogP contribution >= 0.6 is 0 Å². The van der Waals surface area contributed by atoms with Gasteiger partial charge in [-0.1, -0.05) is 194 Å². The van der Waals surface area contributed by atoms with Crippen LogP contribution in [0.15, 0.2) is 0 Å². The maximum atomic E-state index is 11.9. The van der Waals surface area contributed by atoms with Gasteiger partial charge >= 0.3 is 6.03 Å². The van der Waals surface area contributed by atoms with Crippen LogP contribution in [0.5, 0.6) is 0 Å². The van der Waals surface area contributed by atoms with Crippen LogP contribution in [0.3, 0.4) is 0 Å². The van der Waals surface area contributed by atoms with E-state index in [0.29, 0.717) is 13.0 Å². The fourth-order valence-electron chi connectivity index (χ4n) is 5.59. The van der Waals surface area contributed by atoms with E-state index in [-0.39, 0.29) is 11.9 Å². The SMILES string of the molecule is CCCCCCCCCCCCCCCCCCNC(=O)NNC(=O)CCCCCCCCCCCCCCCC. The van der Waals surface area contributed by atoms with Gasteiger partial charge in [-0.05, 0) is 12.8 Å². The van der Waals surface area contributed by atoms with Gasteiger partial charge in [-0.3, -0.25) is 10.2 Å². The van der Waals surface area contributed by atoms with Crippen LogP contribution in [-0.2, 0) is 4.79 Å². The zero-order chi connectivity index (χ0) is 29.9. The Hall–Kier alpha value is -1.26. The minimum atomic E-state index is -0.305. The quantitative estimate of drug-likeness (QED) is 0.0548. The third kappa shape index (κ3) is 34.8. The van der Waals surface area contributed by atoms with Crippen LogP contribution in [0, 0.1) is 0 Å². The van der Waals surface area contributed by atoms with E-state index in [0.717, 1.165) is 25.7 Å². The fourth-order valence-corrected chi connectivity index (χ4v) is 5.59. The Balaban J connectivity index is 3.26. The first-order valence-electron chi connectivity index (χ1n) is 18.5. The van der Waals surface area contributed by atoms with Gasteiger partial charge in [0.25, 0.3) is 0 Å². The Morgan fingerprint density at radius 3 is 1.00 bits per heavy atom. The molecule has 5 heteroatoms. The molecule has 0 aromatic rings. The number of unbranched alkanes of at least 4 members (excludes halogenated alkanes) is 28. The minimum absolute atomic E-state index is 0.0958. The van der Waals surface area contributed by atoms with E-state index in [1.54, 1.807) is 0 Å². The van der Waals surface area contributed by atoms with Crippen LogP contribution < -0.4 is 16.2 Å². The maximum absolute atomic E-state index is 11.9. The van der Waals surface area contributed by atoms with Gasteiger partial charge in [-0.15, -0.1) is 0 Å². The number of carbonyl (C=O) groups is 2. The van der Waals surface area contributed by atoms with E-state index in [4.69, 9.17) is 0 Å². The number of hydrazine groups is 1. The molecule has 0 heterocycles. The monoisotopic (exact) mass is 580 g/mol. The van der Waals surface area contributed by atoms with Crippen molar-refractivity contribution in [2.45, 2.75) is 213 Å². The molecule has 0 saturated carbocycles. The summed E-state index contributed by atoms with van der Waals surface area (Å²) >= 11 is 0. The molecule has 0 bridgehead atoms. The Labute approximate surface area is 256 Å². The van der Waals surface area contributed by atoms with E-state index in [1.807, 2.05) is 0 Å². The summed E-state index contributed by atoms with van der Waals surface area (Å²) in [4.78, 5) is 23.8. The lowest BCUT2D eigenvalue weighted by Gasteiger charge is -2.09. The molecule has 0 spiro atoms. The summed E-state index contributed by atoms with van der Waals surface area (Å²) in [5, 5.41) is 2.84. The molecule has 41 heavy (non-hydrogen) atoms. The zero-order valence-corrected chi connectivity index (χ0v) is 27.9. The number of rotatable bonds is 32. The van der Waals surface area contributed by atoms with Crippen molar-refractivity contribution in [3.05, 3.63) is 0 Å². The standard InChI is InChI=1S/C36H73N3O2/c1-3-5-7-9-11-13-15-17-19-20-22-24-26-28-30-32-34-37-36(41)39-38-35(40)33-31-29-27-25-23-21-18-16-14-12-10-8-6-4-2/h3-34H2,1-2H3,(H,38,40)(H2,37,39,41). The van der Waals surface area contributed by atoms with E-state index in [1.165, 1.54) is 167 Å². The zero-order valence-electron chi connectivity index (χ0n) is 27.9. The molecule has 0 fully saturated rings. The van der Waals surface area contributed by atoms with Crippen LogP contribution in [0.4, 0.5) is 4.79 Å². The molecule has 0 rings (SSSR count). The third-order valence-corrected chi connectivity index (χ3v) is 8.39. The molecule has 244 valence electrons. The summed E-state index contributed by atoms with van der Waals surface area (Å²) < 4.78 is 0. The van der Waals surface area contributed by atoms with Gasteiger partial charge in [0, 0.05) is 13.0 Å². The second kappa shape index (κ2) is 34.9. The van der Waals surface area contributed by atoms with Crippen LogP contribution in [0.2, 0.25) is 0 Å². The van der Waals surface area contributed by atoms with Gasteiger partial charge < -0.3 is 5.32 Å². The Morgan fingerprint density at radius 2 is 0.659 bits per heavy atom. The Morgan fingerprint density at radius 1 is 0.366 bits per heavy atom. The summed E-state index contributed by atoms with van der Waals surface area (Å²) in [6.07, 6.45) is 40.3. The molecule has 3 N–H and O–H groups in total. The highest BCUT2D eigenvalue weighted by molar-refractivity contribution is 5.80. The predicted octanol–water partition coefficient (Wildman–Crippen LogP) is 11.4. The molecular weight excluding hydrogens is 506 g/mol.